The average Bonchev–Trinajstić information content (AvgIpc) is 2.24. The number of aromatic nitrogens is 2. The van der Waals surface area contributed by atoms with Gasteiger partial charge < -0.3 is 16.4 Å². The van der Waals surface area contributed by atoms with Gasteiger partial charge >= 0.3 is 0 Å². The topological polar surface area (TPSA) is 105 Å². The highest BCUT2D eigenvalue weighted by Crippen LogP contribution is 2.40. The smallest absolute Gasteiger partial charge is 0.224 e. The summed E-state index contributed by atoms with van der Waals surface area (Å²) in [6.07, 6.45) is 0. The summed E-state index contributed by atoms with van der Waals surface area (Å²) in [6, 6.07) is 2.05. The zero-order valence-electron chi connectivity index (χ0n) is 10.2. The van der Waals surface area contributed by atoms with Gasteiger partial charge in [0.15, 0.2) is 5.82 Å². The molecule has 0 spiro atoms. The molecule has 0 saturated carbocycles. The summed E-state index contributed by atoms with van der Waals surface area (Å²) < 4.78 is 0. The fourth-order valence-corrected chi connectivity index (χ4v) is 2.03. The molecule has 0 amide bonds. The highest BCUT2D eigenvalue weighted by molar-refractivity contribution is 5.67. The first-order valence-electron chi connectivity index (χ1n) is 5.48. The molecular weight excluding hydrogens is 216 g/mol. The highest BCUT2D eigenvalue weighted by Gasteiger charge is 2.45. The molecule has 1 unspecified atom stereocenters. The first-order chi connectivity index (χ1) is 7.87. The molecule has 1 aliphatic rings. The number of nitrogens with two attached hydrogens (primary N) is 2. The Hall–Kier alpha value is -2.03. The van der Waals surface area contributed by atoms with Gasteiger partial charge in [0.05, 0.1) is 0 Å². The Morgan fingerprint density at radius 1 is 1.41 bits per heavy atom. The van der Waals surface area contributed by atoms with Crippen LogP contribution in [0, 0.1) is 17.2 Å². The van der Waals surface area contributed by atoms with Crippen LogP contribution in [-0.2, 0) is 0 Å². The molecule has 0 aliphatic carbocycles. The van der Waals surface area contributed by atoms with E-state index in [0.717, 1.165) is 6.54 Å². The van der Waals surface area contributed by atoms with Crippen LogP contribution in [0.15, 0.2) is 0 Å². The first kappa shape index (κ1) is 11.5. The van der Waals surface area contributed by atoms with E-state index in [1.807, 2.05) is 11.0 Å². The largest absolute Gasteiger partial charge is 0.382 e. The number of nitrogens with zero attached hydrogens (tertiary/aromatic N) is 4. The van der Waals surface area contributed by atoms with Crippen LogP contribution >= 0.6 is 0 Å². The second kappa shape index (κ2) is 3.48. The zero-order valence-corrected chi connectivity index (χ0v) is 10.2. The van der Waals surface area contributed by atoms with Gasteiger partial charge in [-0.1, -0.05) is 6.92 Å². The average molecular weight is 232 g/mol. The Bertz CT molecular complexity index is 501. The quantitative estimate of drug-likeness (QED) is 0.740. The van der Waals surface area contributed by atoms with Gasteiger partial charge in [-0.05, 0) is 19.8 Å². The van der Waals surface area contributed by atoms with Gasteiger partial charge in [-0.2, -0.15) is 15.2 Å². The molecule has 17 heavy (non-hydrogen) atoms. The lowest BCUT2D eigenvalue weighted by atomic mass is 9.78. The minimum absolute atomic E-state index is 0.0428. The lowest BCUT2D eigenvalue weighted by Gasteiger charge is -2.55. The van der Waals surface area contributed by atoms with Crippen LogP contribution in [0.4, 0.5) is 17.6 Å². The number of anilines is 3. The number of hydrogen-bond donors (Lipinski definition) is 2. The maximum Gasteiger partial charge on any atom is 0.224 e. The number of nitrogen functional groups attached to an aromatic ring is 2. The minimum Gasteiger partial charge on any atom is -0.382 e. The van der Waals surface area contributed by atoms with Gasteiger partial charge in [-0.25, -0.2) is 0 Å². The van der Waals surface area contributed by atoms with E-state index in [2.05, 4.69) is 30.7 Å². The molecule has 1 aromatic heterocycles. The molecule has 2 heterocycles. The first-order valence-corrected chi connectivity index (χ1v) is 5.48. The van der Waals surface area contributed by atoms with Crippen molar-refractivity contribution in [3.05, 3.63) is 5.56 Å². The molecule has 0 bridgehead atoms. The predicted molar refractivity (Wildman–Crippen MR) is 66.2 cm³/mol. The Balaban J connectivity index is 2.51. The Labute approximate surface area is 100 Å². The van der Waals surface area contributed by atoms with Crippen LogP contribution in [0.2, 0.25) is 0 Å². The molecule has 6 heteroatoms. The Morgan fingerprint density at radius 3 is 2.53 bits per heavy atom. The van der Waals surface area contributed by atoms with Crippen LogP contribution in [0.25, 0.3) is 0 Å². The van der Waals surface area contributed by atoms with Crippen molar-refractivity contribution in [1.82, 2.24) is 9.97 Å². The molecule has 1 fully saturated rings. The Morgan fingerprint density at radius 2 is 2.06 bits per heavy atom. The predicted octanol–water partition coefficient (Wildman–Crippen LogP) is 0.747. The molecule has 90 valence electrons. The Kier molecular flexibility index (Phi) is 2.35. The highest BCUT2D eigenvalue weighted by atomic mass is 15.3. The number of rotatable bonds is 1. The van der Waals surface area contributed by atoms with Crippen LogP contribution < -0.4 is 16.4 Å². The van der Waals surface area contributed by atoms with Crippen molar-refractivity contribution in [2.75, 3.05) is 22.9 Å². The molecule has 1 saturated heterocycles. The van der Waals surface area contributed by atoms with Crippen molar-refractivity contribution in [2.45, 2.75) is 26.3 Å². The summed E-state index contributed by atoms with van der Waals surface area (Å²) >= 11 is 0. The monoisotopic (exact) mass is 232 g/mol. The van der Waals surface area contributed by atoms with Gasteiger partial charge in [-0.15, -0.1) is 0 Å². The van der Waals surface area contributed by atoms with Crippen LogP contribution in [-0.4, -0.2) is 22.1 Å². The maximum absolute atomic E-state index is 9.12. The van der Waals surface area contributed by atoms with Gasteiger partial charge in [0, 0.05) is 12.1 Å². The van der Waals surface area contributed by atoms with E-state index in [1.165, 1.54) is 0 Å². The van der Waals surface area contributed by atoms with Crippen molar-refractivity contribution < 1.29 is 0 Å². The van der Waals surface area contributed by atoms with Crippen LogP contribution in [0.5, 0.6) is 0 Å². The molecule has 1 atom stereocenters. The van der Waals surface area contributed by atoms with E-state index in [0.29, 0.717) is 17.3 Å². The molecule has 1 aliphatic heterocycles. The third kappa shape index (κ3) is 1.55. The van der Waals surface area contributed by atoms with Gasteiger partial charge in [-0.3, -0.25) is 0 Å². The lowest BCUT2D eigenvalue weighted by molar-refractivity contribution is 0.216. The van der Waals surface area contributed by atoms with E-state index in [-0.39, 0.29) is 17.3 Å². The summed E-state index contributed by atoms with van der Waals surface area (Å²) in [4.78, 5) is 10.0. The molecule has 0 radical (unpaired) electrons. The lowest BCUT2D eigenvalue weighted by Crippen LogP contribution is -2.63. The van der Waals surface area contributed by atoms with Crippen molar-refractivity contribution in [2.24, 2.45) is 5.92 Å². The molecular formula is C11H16N6. The standard InChI is InChI=1S/C11H16N6/c1-6-5-17(11(6,2)3)9-7(4-12)8(13)15-10(14)16-9/h6H,5H2,1-3H3,(H4,13,14,15,16). The van der Waals surface area contributed by atoms with Crippen molar-refractivity contribution in [3.8, 4) is 6.07 Å². The fourth-order valence-electron chi connectivity index (χ4n) is 2.03. The molecule has 1 aromatic rings. The van der Waals surface area contributed by atoms with Crippen molar-refractivity contribution in [1.29, 1.82) is 5.26 Å². The zero-order chi connectivity index (χ0) is 12.8. The molecule has 2 rings (SSSR count). The van der Waals surface area contributed by atoms with E-state index in [9.17, 15) is 0 Å². The summed E-state index contributed by atoms with van der Waals surface area (Å²) in [7, 11) is 0. The SMILES string of the molecule is CC1CN(c2nc(N)nc(N)c2C#N)C1(C)C. The third-order valence-electron chi connectivity index (χ3n) is 3.66. The van der Waals surface area contributed by atoms with Crippen molar-refractivity contribution >= 4 is 17.6 Å². The van der Waals surface area contributed by atoms with E-state index in [1.54, 1.807) is 0 Å². The molecule has 0 aromatic carbocycles. The summed E-state index contributed by atoms with van der Waals surface area (Å²) in [5.41, 5.74) is 11.5. The van der Waals surface area contributed by atoms with Crippen molar-refractivity contribution in [3.63, 3.8) is 0 Å². The minimum atomic E-state index is -0.0428. The number of hydrogen-bond acceptors (Lipinski definition) is 6. The molecule has 4 N–H and O–H groups in total. The van der Waals surface area contributed by atoms with E-state index < -0.39 is 0 Å². The van der Waals surface area contributed by atoms with Crippen LogP contribution in [0.3, 0.4) is 0 Å². The number of nitriles is 1. The summed E-state index contributed by atoms with van der Waals surface area (Å²) in [6.45, 7) is 7.22. The maximum atomic E-state index is 9.12. The van der Waals surface area contributed by atoms with Crippen LogP contribution in [0.1, 0.15) is 26.3 Å². The summed E-state index contributed by atoms with van der Waals surface area (Å²) in [5.74, 6) is 1.32. The fraction of sp³-hybridized carbons (Fsp3) is 0.545. The van der Waals surface area contributed by atoms with Gasteiger partial charge in [0.1, 0.15) is 17.5 Å². The normalized spacial score (nSPS) is 21.8. The second-order valence-electron chi connectivity index (χ2n) is 4.94. The third-order valence-corrected chi connectivity index (χ3v) is 3.66. The second-order valence-corrected chi connectivity index (χ2v) is 4.94. The van der Waals surface area contributed by atoms with Gasteiger partial charge in [0.2, 0.25) is 5.95 Å². The van der Waals surface area contributed by atoms with Gasteiger partial charge in [0.25, 0.3) is 0 Å². The summed E-state index contributed by atoms with van der Waals surface area (Å²) in [5, 5.41) is 9.12. The van der Waals surface area contributed by atoms with E-state index >= 15 is 0 Å². The molecule has 6 nitrogen and oxygen atoms in total. The van der Waals surface area contributed by atoms with E-state index in [4.69, 9.17) is 16.7 Å².